The molecular weight excluding hydrogens is 264 g/mol. The topological polar surface area (TPSA) is 46.5 Å². The third-order valence-electron chi connectivity index (χ3n) is 3.35. The minimum absolute atomic E-state index is 0.333. The fourth-order valence-corrected chi connectivity index (χ4v) is 2.08. The zero-order chi connectivity index (χ0) is 15.5. The van der Waals surface area contributed by atoms with Crippen molar-refractivity contribution in [2.75, 3.05) is 6.61 Å². The van der Waals surface area contributed by atoms with Crippen LogP contribution in [0.4, 0.5) is 0 Å². The smallest absolute Gasteiger partial charge is 0.335 e. The first-order chi connectivity index (χ1) is 10.1. The molecule has 3 nitrogen and oxygen atoms in total. The molecule has 0 saturated carbocycles. The standard InChI is InChI=1S/C18H26O3/c1-3-4-5-6-7-8-9-10-13-21-16-11-12-17(18(19)20)15(2)14-16/h6-7,11-12,14H,3-5,8-10,13H2,1-2H3,(H,19,20)/b7-6+. The Labute approximate surface area is 127 Å². The summed E-state index contributed by atoms with van der Waals surface area (Å²) in [6.45, 7) is 4.67. The van der Waals surface area contributed by atoms with Crippen molar-refractivity contribution in [3.63, 3.8) is 0 Å². The van der Waals surface area contributed by atoms with Crippen LogP contribution >= 0.6 is 0 Å². The molecule has 1 N–H and O–H groups in total. The van der Waals surface area contributed by atoms with Crippen LogP contribution < -0.4 is 4.74 Å². The van der Waals surface area contributed by atoms with Crippen LogP contribution in [0.3, 0.4) is 0 Å². The Morgan fingerprint density at radius 3 is 2.52 bits per heavy atom. The highest BCUT2D eigenvalue weighted by Crippen LogP contribution is 2.17. The van der Waals surface area contributed by atoms with Gasteiger partial charge in [-0.1, -0.05) is 31.9 Å². The van der Waals surface area contributed by atoms with Crippen LogP contribution in [0.5, 0.6) is 5.75 Å². The van der Waals surface area contributed by atoms with E-state index < -0.39 is 5.97 Å². The van der Waals surface area contributed by atoms with Gasteiger partial charge < -0.3 is 9.84 Å². The summed E-state index contributed by atoms with van der Waals surface area (Å²) < 4.78 is 5.65. The van der Waals surface area contributed by atoms with Gasteiger partial charge in [0.15, 0.2) is 0 Å². The van der Waals surface area contributed by atoms with Crippen molar-refractivity contribution in [1.29, 1.82) is 0 Å². The van der Waals surface area contributed by atoms with E-state index in [1.54, 1.807) is 25.1 Å². The van der Waals surface area contributed by atoms with Gasteiger partial charge >= 0.3 is 5.97 Å². The van der Waals surface area contributed by atoms with E-state index in [4.69, 9.17) is 9.84 Å². The quantitative estimate of drug-likeness (QED) is 0.488. The number of carbonyl (C=O) groups is 1. The molecule has 0 aromatic heterocycles. The third kappa shape index (κ3) is 6.98. The van der Waals surface area contributed by atoms with Crippen LogP contribution in [-0.2, 0) is 0 Å². The van der Waals surface area contributed by atoms with Gasteiger partial charge in [0, 0.05) is 0 Å². The lowest BCUT2D eigenvalue weighted by Gasteiger charge is -2.08. The Balaban J connectivity index is 2.20. The van der Waals surface area contributed by atoms with Crippen molar-refractivity contribution < 1.29 is 14.6 Å². The Kier molecular flexibility index (Phi) is 8.25. The highest BCUT2D eigenvalue weighted by Gasteiger charge is 2.07. The molecule has 0 saturated heterocycles. The van der Waals surface area contributed by atoms with Crippen molar-refractivity contribution in [2.45, 2.75) is 52.4 Å². The third-order valence-corrected chi connectivity index (χ3v) is 3.35. The predicted molar refractivity (Wildman–Crippen MR) is 86.1 cm³/mol. The molecule has 21 heavy (non-hydrogen) atoms. The molecule has 0 amide bonds. The summed E-state index contributed by atoms with van der Waals surface area (Å²) in [6.07, 6.45) is 11.4. The van der Waals surface area contributed by atoms with Crippen molar-refractivity contribution in [3.8, 4) is 5.75 Å². The Bertz CT molecular complexity index is 464. The van der Waals surface area contributed by atoms with E-state index >= 15 is 0 Å². The number of unbranched alkanes of at least 4 members (excludes halogenated alkanes) is 4. The molecule has 116 valence electrons. The van der Waals surface area contributed by atoms with Gasteiger partial charge in [0.1, 0.15) is 5.75 Å². The van der Waals surface area contributed by atoms with Gasteiger partial charge in [0.2, 0.25) is 0 Å². The Morgan fingerprint density at radius 1 is 1.19 bits per heavy atom. The first-order valence-electron chi connectivity index (χ1n) is 7.77. The van der Waals surface area contributed by atoms with Crippen LogP contribution in [0.15, 0.2) is 30.4 Å². The van der Waals surface area contributed by atoms with E-state index in [0.717, 1.165) is 30.6 Å². The normalized spacial score (nSPS) is 11.0. The lowest BCUT2D eigenvalue weighted by Crippen LogP contribution is -2.01. The number of ether oxygens (including phenoxy) is 1. The summed E-state index contributed by atoms with van der Waals surface area (Å²) in [4.78, 5) is 10.9. The first-order valence-corrected chi connectivity index (χ1v) is 7.77. The number of aromatic carboxylic acids is 1. The van der Waals surface area contributed by atoms with E-state index in [-0.39, 0.29) is 0 Å². The summed E-state index contributed by atoms with van der Waals surface area (Å²) in [5.41, 5.74) is 1.07. The van der Waals surface area contributed by atoms with Crippen LogP contribution in [-0.4, -0.2) is 17.7 Å². The monoisotopic (exact) mass is 290 g/mol. The summed E-state index contributed by atoms with van der Waals surface area (Å²) in [7, 11) is 0. The molecule has 0 aliphatic heterocycles. The minimum atomic E-state index is -0.895. The first kappa shape index (κ1) is 17.3. The lowest BCUT2D eigenvalue weighted by atomic mass is 10.1. The van der Waals surface area contributed by atoms with Crippen molar-refractivity contribution >= 4 is 5.97 Å². The van der Waals surface area contributed by atoms with E-state index in [0.29, 0.717) is 12.2 Å². The molecule has 0 aliphatic carbocycles. The summed E-state index contributed by atoms with van der Waals surface area (Å²) in [5, 5.41) is 8.96. The average molecular weight is 290 g/mol. The molecule has 0 radical (unpaired) electrons. The van der Waals surface area contributed by atoms with E-state index in [9.17, 15) is 4.79 Å². The summed E-state index contributed by atoms with van der Waals surface area (Å²) >= 11 is 0. The predicted octanol–water partition coefficient (Wildman–Crippen LogP) is 4.99. The maximum Gasteiger partial charge on any atom is 0.335 e. The number of benzene rings is 1. The van der Waals surface area contributed by atoms with Gasteiger partial charge in [-0.05, 0) is 56.4 Å². The number of rotatable bonds is 10. The molecular formula is C18H26O3. The Morgan fingerprint density at radius 2 is 1.90 bits per heavy atom. The van der Waals surface area contributed by atoms with Gasteiger partial charge in [0.05, 0.1) is 12.2 Å². The second-order valence-corrected chi connectivity index (χ2v) is 5.24. The van der Waals surface area contributed by atoms with Crippen LogP contribution in [0.1, 0.15) is 61.4 Å². The zero-order valence-electron chi connectivity index (χ0n) is 13.1. The maximum atomic E-state index is 10.9. The molecule has 0 atom stereocenters. The fourth-order valence-electron chi connectivity index (χ4n) is 2.08. The molecule has 0 unspecified atom stereocenters. The second-order valence-electron chi connectivity index (χ2n) is 5.24. The van der Waals surface area contributed by atoms with Gasteiger partial charge in [-0.3, -0.25) is 0 Å². The highest BCUT2D eigenvalue weighted by atomic mass is 16.5. The molecule has 1 aromatic rings. The number of hydrogen-bond acceptors (Lipinski definition) is 2. The zero-order valence-corrected chi connectivity index (χ0v) is 13.1. The number of allylic oxidation sites excluding steroid dienone is 2. The van der Waals surface area contributed by atoms with Gasteiger partial charge in [-0.2, -0.15) is 0 Å². The van der Waals surface area contributed by atoms with Crippen molar-refractivity contribution in [1.82, 2.24) is 0 Å². The number of hydrogen-bond donors (Lipinski definition) is 1. The van der Waals surface area contributed by atoms with E-state index in [1.807, 2.05) is 0 Å². The molecule has 1 aromatic carbocycles. The number of carboxylic acids is 1. The molecule has 1 rings (SSSR count). The average Bonchev–Trinajstić information content (AvgIpc) is 2.45. The van der Waals surface area contributed by atoms with Crippen LogP contribution in [0.25, 0.3) is 0 Å². The SMILES string of the molecule is CCCC/C=C/CCCCOc1ccc(C(=O)O)c(C)c1. The molecule has 0 heterocycles. The van der Waals surface area contributed by atoms with Gasteiger partial charge in [-0.25, -0.2) is 4.79 Å². The van der Waals surface area contributed by atoms with Crippen LogP contribution in [0, 0.1) is 6.92 Å². The minimum Gasteiger partial charge on any atom is -0.494 e. The van der Waals surface area contributed by atoms with E-state index in [1.165, 1.54) is 19.3 Å². The van der Waals surface area contributed by atoms with E-state index in [2.05, 4.69) is 19.1 Å². The number of carboxylic acid groups (broad SMARTS) is 1. The highest BCUT2D eigenvalue weighted by molar-refractivity contribution is 5.89. The van der Waals surface area contributed by atoms with Crippen molar-refractivity contribution in [2.24, 2.45) is 0 Å². The largest absolute Gasteiger partial charge is 0.494 e. The van der Waals surface area contributed by atoms with Crippen molar-refractivity contribution in [3.05, 3.63) is 41.5 Å². The molecule has 3 heteroatoms. The fraction of sp³-hybridized carbons (Fsp3) is 0.500. The Hall–Kier alpha value is -1.77. The van der Waals surface area contributed by atoms with Crippen LogP contribution in [0.2, 0.25) is 0 Å². The molecule has 0 bridgehead atoms. The molecule has 0 fully saturated rings. The lowest BCUT2D eigenvalue weighted by molar-refractivity contribution is 0.0696. The summed E-state index contributed by atoms with van der Waals surface area (Å²) in [5.74, 6) is -0.148. The summed E-state index contributed by atoms with van der Waals surface area (Å²) in [6, 6.07) is 5.11. The second kappa shape index (κ2) is 10.0. The molecule has 0 aliphatic rings. The van der Waals surface area contributed by atoms with Gasteiger partial charge in [-0.15, -0.1) is 0 Å². The molecule has 0 spiro atoms. The number of aryl methyl sites for hydroxylation is 1. The maximum absolute atomic E-state index is 10.9. The van der Waals surface area contributed by atoms with Gasteiger partial charge in [0.25, 0.3) is 0 Å².